The summed E-state index contributed by atoms with van der Waals surface area (Å²) in [7, 11) is 0. The second kappa shape index (κ2) is 5.71. The van der Waals surface area contributed by atoms with Crippen LogP contribution in [0.25, 0.3) is 0 Å². The Hall–Kier alpha value is -2.11. The Morgan fingerprint density at radius 1 is 1.28 bits per heavy atom. The van der Waals surface area contributed by atoms with Crippen LogP contribution in [0.5, 0.6) is 5.75 Å². The van der Waals surface area contributed by atoms with E-state index >= 15 is 0 Å². The third-order valence-corrected chi connectivity index (χ3v) is 6.37. The predicted molar refractivity (Wildman–Crippen MR) is 90.2 cm³/mol. The van der Waals surface area contributed by atoms with Crippen LogP contribution >= 0.6 is 0 Å². The van der Waals surface area contributed by atoms with Crippen LogP contribution in [-0.2, 0) is 9.59 Å². The highest BCUT2D eigenvalue weighted by Crippen LogP contribution is 2.66. The molecule has 1 spiro atoms. The highest BCUT2D eigenvalue weighted by atomic mass is 16.5. The molecule has 1 atom stereocenters. The summed E-state index contributed by atoms with van der Waals surface area (Å²) in [5.74, 6) is -0.0682. The van der Waals surface area contributed by atoms with Gasteiger partial charge in [0, 0.05) is 38.0 Å². The van der Waals surface area contributed by atoms with Crippen molar-refractivity contribution in [3.63, 3.8) is 0 Å². The first kappa shape index (κ1) is 16.4. The highest BCUT2D eigenvalue weighted by Gasteiger charge is 2.62. The fourth-order valence-corrected chi connectivity index (χ4v) is 4.34. The number of carboxylic acid groups (broad SMARTS) is 1. The number of carboxylic acids is 1. The third-order valence-electron chi connectivity index (χ3n) is 6.37. The average Bonchev–Trinajstić information content (AvgIpc) is 3.33. The van der Waals surface area contributed by atoms with Gasteiger partial charge in [-0.1, -0.05) is 6.42 Å². The molecule has 134 valence electrons. The molecule has 2 heterocycles. The van der Waals surface area contributed by atoms with Gasteiger partial charge in [-0.05, 0) is 43.7 Å². The summed E-state index contributed by atoms with van der Waals surface area (Å²) in [4.78, 5) is 30.6. The van der Waals surface area contributed by atoms with Crippen LogP contribution in [0.1, 0.15) is 44.2 Å². The van der Waals surface area contributed by atoms with Gasteiger partial charge in [-0.15, -0.1) is 0 Å². The summed E-state index contributed by atoms with van der Waals surface area (Å²) in [5.41, 5.74) is -0.296. The number of piperidine rings is 1. The Kier molecular flexibility index (Phi) is 3.74. The van der Waals surface area contributed by atoms with Crippen LogP contribution in [0.3, 0.4) is 0 Å². The number of aryl methyl sites for hydroxylation is 1. The summed E-state index contributed by atoms with van der Waals surface area (Å²) in [5, 5.41) is 9.77. The van der Waals surface area contributed by atoms with Crippen LogP contribution < -0.4 is 4.74 Å². The molecular weight excluding hydrogens is 320 g/mol. The molecule has 1 unspecified atom stereocenters. The van der Waals surface area contributed by atoms with E-state index in [9.17, 15) is 14.7 Å². The van der Waals surface area contributed by atoms with E-state index in [1.807, 2.05) is 4.90 Å². The molecule has 1 aromatic rings. The van der Waals surface area contributed by atoms with Crippen molar-refractivity contribution in [2.24, 2.45) is 11.3 Å². The van der Waals surface area contributed by atoms with Crippen molar-refractivity contribution in [2.75, 3.05) is 13.1 Å². The zero-order chi connectivity index (χ0) is 17.7. The summed E-state index contributed by atoms with van der Waals surface area (Å²) >= 11 is 0. The second-order valence-electron chi connectivity index (χ2n) is 7.79. The minimum absolute atomic E-state index is 0.181. The molecule has 1 saturated heterocycles. The van der Waals surface area contributed by atoms with E-state index in [1.54, 1.807) is 25.3 Å². The number of carbonyl (C=O) groups is 2. The molecule has 1 aromatic heterocycles. The van der Waals surface area contributed by atoms with Gasteiger partial charge in [0.25, 0.3) is 0 Å². The molecule has 3 fully saturated rings. The van der Waals surface area contributed by atoms with Crippen LogP contribution in [0.2, 0.25) is 0 Å². The first-order valence-corrected chi connectivity index (χ1v) is 9.09. The molecule has 1 amide bonds. The molecule has 0 aromatic carbocycles. The lowest BCUT2D eigenvalue weighted by Gasteiger charge is -2.39. The molecule has 0 bridgehead atoms. The number of rotatable bonds is 4. The van der Waals surface area contributed by atoms with Crippen molar-refractivity contribution in [3.05, 3.63) is 24.0 Å². The van der Waals surface area contributed by atoms with E-state index in [4.69, 9.17) is 4.74 Å². The van der Waals surface area contributed by atoms with E-state index < -0.39 is 11.6 Å². The molecule has 2 aliphatic carbocycles. The van der Waals surface area contributed by atoms with Gasteiger partial charge >= 0.3 is 5.97 Å². The number of pyridine rings is 1. The molecule has 2 saturated carbocycles. The van der Waals surface area contributed by atoms with Crippen LogP contribution in [0, 0.1) is 18.3 Å². The second-order valence-corrected chi connectivity index (χ2v) is 7.79. The van der Waals surface area contributed by atoms with Gasteiger partial charge in [0.15, 0.2) is 0 Å². The van der Waals surface area contributed by atoms with Crippen molar-refractivity contribution < 1.29 is 19.4 Å². The SMILES string of the molecule is Cc1ncccc1OC1(C(=O)O)CCN(C(=O)C2CC23CCC3)CC1. The maximum absolute atomic E-state index is 12.7. The number of aliphatic carboxylic acids is 1. The lowest BCUT2D eigenvalue weighted by molar-refractivity contribution is -0.162. The van der Waals surface area contributed by atoms with Crippen LogP contribution in [0.15, 0.2) is 18.3 Å². The van der Waals surface area contributed by atoms with E-state index in [2.05, 4.69) is 4.98 Å². The zero-order valence-corrected chi connectivity index (χ0v) is 14.5. The monoisotopic (exact) mass is 344 g/mol. The number of ether oxygens (including phenoxy) is 1. The maximum Gasteiger partial charge on any atom is 0.348 e. The molecule has 6 nitrogen and oxygen atoms in total. The molecule has 0 radical (unpaired) electrons. The van der Waals surface area contributed by atoms with E-state index in [0.29, 0.717) is 42.8 Å². The number of hydrogen-bond donors (Lipinski definition) is 1. The van der Waals surface area contributed by atoms with Crippen molar-refractivity contribution in [3.8, 4) is 5.75 Å². The lowest BCUT2D eigenvalue weighted by atomic mass is 9.79. The van der Waals surface area contributed by atoms with Crippen molar-refractivity contribution in [2.45, 2.75) is 51.0 Å². The predicted octanol–water partition coefficient (Wildman–Crippen LogP) is 2.40. The standard InChI is InChI=1S/C19H24N2O4/c1-13-15(4-2-9-20-13)25-19(17(23)24)7-10-21(11-8-19)16(22)14-12-18(14)5-3-6-18/h2,4,9,14H,3,5-8,10-12H2,1H3,(H,23,24). The number of amides is 1. The third kappa shape index (κ3) is 2.68. The van der Waals surface area contributed by atoms with Gasteiger partial charge in [0.05, 0.1) is 5.69 Å². The summed E-state index contributed by atoms with van der Waals surface area (Å²) in [6.45, 7) is 2.68. The van der Waals surface area contributed by atoms with Crippen molar-refractivity contribution in [1.82, 2.24) is 9.88 Å². The summed E-state index contributed by atoms with van der Waals surface area (Å²) in [6.07, 6.45) is 6.90. The molecular formula is C19H24N2O4. The minimum Gasteiger partial charge on any atom is -0.478 e. The summed E-state index contributed by atoms with van der Waals surface area (Å²) in [6, 6.07) is 3.48. The molecule has 6 heteroatoms. The zero-order valence-electron chi connectivity index (χ0n) is 14.5. The molecule has 25 heavy (non-hydrogen) atoms. The Balaban J connectivity index is 1.43. The number of nitrogens with zero attached hydrogens (tertiary/aromatic N) is 2. The van der Waals surface area contributed by atoms with Gasteiger partial charge < -0.3 is 14.7 Å². The number of aromatic nitrogens is 1. The minimum atomic E-state index is -1.28. The van der Waals surface area contributed by atoms with Gasteiger partial charge in [-0.25, -0.2) is 4.79 Å². The fourth-order valence-electron chi connectivity index (χ4n) is 4.34. The topological polar surface area (TPSA) is 79.7 Å². The number of likely N-dealkylation sites (tertiary alicyclic amines) is 1. The average molecular weight is 344 g/mol. The van der Waals surface area contributed by atoms with Gasteiger partial charge in [-0.3, -0.25) is 9.78 Å². The molecule has 4 rings (SSSR count). The first-order valence-electron chi connectivity index (χ1n) is 9.09. The van der Waals surface area contributed by atoms with Crippen molar-refractivity contribution in [1.29, 1.82) is 0 Å². The fraction of sp³-hybridized carbons (Fsp3) is 0.632. The first-order chi connectivity index (χ1) is 12.0. The lowest BCUT2D eigenvalue weighted by Crippen LogP contribution is -2.54. The molecule has 1 aliphatic heterocycles. The van der Waals surface area contributed by atoms with E-state index in [0.717, 1.165) is 6.42 Å². The Labute approximate surface area is 147 Å². The highest BCUT2D eigenvalue weighted by molar-refractivity contribution is 5.84. The Morgan fingerprint density at radius 3 is 2.52 bits per heavy atom. The quantitative estimate of drug-likeness (QED) is 0.907. The van der Waals surface area contributed by atoms with Gasteiger partial charge in [0.1, 0.15) is 5.75 Å². The van der Waals surface area contributed by atoms with E-state index in [-0.39, 0.29) is 11.8 Å². The smallest absolute Gasteiger partial charge is 0.348 e. The maximum atomic E-state index is 12.7. The summed E-state index contributed by atoms with van der Waals surface area (Å²) < 4.78 is 5.91. The normalized spacial score (nSPS) is 26.0. The number of carbonyl (C=O) groups excluding carboxylic acids is 1. The van der Waals surface area contributed by atoms with E-state index in [1.165, 1.54) is 19.3 Å². The van der Waals surface area contributed by atoms with Gasteiger partial charge in [0.2, 0.25) is 11.5 Å². The molecule has 3 aliphatic rings. The van der Waals surface area contributed by atoms with Crippen LogP contribution in [-0.4, -0.2) is 45.6 Å². The Morgan fingerprint density at radius 2 is 2.00 bits per heavy atom. The Bertz CT molecular complexity index is 705. The largest absolute Gasteiger partial charge is 0.478 e. The van der Waals surface area contributed by atoms with Crippen molar-refractivity contribution >= 4 is 11.9 Å². The van der Waals surface area contributed by atoms with Crippen LogP contribution in [0.4, 0.5) is 0 Å². The number of hydrogen-bond acceptors (Lipinski definition) is 4. The van der Waals surface area contributed by atoms with Gasteiger partial charge in [-0.2, -0.15) is 0 Å². The molecule has 1 N–H and O–H groups in total.